The molecule has 1 heterocycles. The first-order chi connectivity index (χ1) is 13.3. The summed E-state index contributed by atoms with van der Waals surface area (Å²) in [6, 6.07) is 18.4. The molecule has 27 heavy (non-hydrogen) atoms. The van der Waals surface area contributed by atoms with E-state index < -0.39 is 0 Å². The maximum atomic E-state index is 5.80. The molecular formula is C22H25NO3S. The van der Waals surface area contributed by atoms with E-state index in [1.165, 1.54) is 16.0 Å². The van der Waals surface area contributed by atoms with Crippen LogP contribution in [0.15, 0.2) is 60.0 Å². The molecular weight excluding hydrogens is 358 g/mol. The van der Waals surface area contributed by atoms with Crippen molar-refractivity contribution in [2.24, 2.45) is 0 Å². The maximum absolute atomic E-state index is 5.80. The zero-order valence-electron chi connectivity index (χ0n) is 15.7. The summed E-state index contributed by atoms with van der Waals surface area (Å²) in [7, 11) is 3.31. The van der Waals surface area contributed by atoms with E-state index in [0.29, 0.717) is 6.61 Å². The fraction of sp³-hybridized carbons (Fsp3) is 0.273. The Balaban J connectivity index is 1.41. The van der Waals surface area contributed by atoms with Crippen LogP contribution in [0.4, 0.5) is 0 Å². The van der Waals surface area contributed by atoms with Crippen LogP contribution in [0.25, 0.3) is 0 Å². The van der Waals surface area contributed by atoms with Gasteiger partial charge in [0.25, 0.3) is 0 Å². The van der Waals surface area contributed by atoms with Gasteiger partial charge in [0.05, 0.1) is 14.2 Å². The predicted octanol–water partition coefficient (Wildman–Crippen LogP) is 4.68. The first kappa shape index (κ1) is 19.3. The summed E-state index contributed by atoms with van der Waals surface area (Å²) >= 11 is 1.71. The number of hydrogen-bond acceptors (Lipinski definition) is 5. The molecule has 0 radical (unpaired) electrons. The Morgan fingerprint density at radius 1 is 0.889 bits per heavy atom. The molecule has 142 valence electrons. The van der Waals surface area contributed by atoms with Crippen LogP contribution in [-0.4, -0.2) is 20.8 Å². The molecule has 0 bridgehead atoms. The van der Waals surface area contributed by atoms with Crippen LogP contribution >= 0.6 is 11.3 Å². The van der Waals surface area contributed by atoms with E-state index in [1.54, 1.807) is 25.6 Å². The molecule has 0 atom stereocenters. The normalized spacial score (nSPS) is 10.6. The average molecular weight is 384 g/mol. The second-order valence-corrected chi connectivity index (χ2v) is 7.16. The van der Waals surface area contributed by atoms with Crippen molar-refractivity contribution in [1.82, 2.24) is 5.32 Å². The van der Waals surface area contributed by atoms with E-state index in [9.17, 15) is 0 Å². The van der Waals surface area contributed by atoms with E-state index in [1.807, 2.05) is 30.3 Å². The smallest absolute Gasteiger partial charge is 0.160 e. The molecule has 4 nitrogen and oxygen atoms in total. The first-order valence-corrected chi connectivity index (χ1v) is 9.82. The van der Waals surface area contributed by atoms with Gasteiger partial charge in [-0.15, -0.1) is 11.3 Å². The molecule has 0 aliphatic carbocycles. The maximum Gasteiger partial charge on any atom is 0.160 e. The summed E-state index contributed by atoms with van der Waals surface area (Å²) < 4.78 is 16.4. The topological polar surface area (TPSA) is 39.7 Å². The van der Waals surface area contributed by atoms with Gasteiger partial charge in [-0.2, -0.15) is 0 Å². The molecule has 0 saturated heterocycles. The highest BCUT2D eigenvalue weighted by atomic mass is 32.1. The summed E-state index contributed by atoms with van der Waals surface area (Å²) in [5, 5.41) is 5.54. The average Bonchev–Trinajstić information content (AvgIpc) is 3.24. The number of thiophene rings is 1. The van der Waals surface area contributed by atoms with Gasteiger partial charge in [0, 0.05) is 11.4 Å². The van der Waals surface area contributed by atoms with Crippen molar-refractivity contribution in [3.05, 3.63) is 76.0 Å². The van der Waals surface area contributed by atoms with Crippen molar-refractivity contribution >= 4 is 11.3 Å². The zero-order valence-corrected chi connectivity index (χ0v) is 16.6. The molecule has 0 fully saturated rings. The Bertz CT molecular complexity index is 816. The fourth-order valence-electron chi connectivity index (χ4n) is 2.75. The monoisotopic (exact) mass is 383 g/mol. The highest BCUT2D eigenvalue weighted by Crippen LogP contribution is 2.27. The predicted molar refractivity (Wildman–Crippen MR) is 110 cm³/mol. The van der Waals surface area contributed by atoms with Gasteiger partial charge >= 0.3 is 0 Å². The lowest BCUT2D eigenvalue weighted by Gasteiger charge is -2.10. The van der Waals surface area contributed by atoms with Crippen LogP contribution in [0.3, 0.4) is 0 Å². The fourth-order valence-corrected chi connectivity index (χ4v) is 3.37. The van der Waals surface area contributed by atoms with Crippen molar-refractivity contribution in [1.29, 1.82) is 0 Å². The Hall–Kier alpha value is -2.50. The third-order valence-electron chi connectivity index (χ3n) is 4.25. The highest BCUT2D eigenvalue weighted by Gasteiger charge is 2.04. The largest absolute Gasteiger partial charge is 0.493 e. The van der Waals surface area contributed by atoms with Gasteiger partial charge in [-0.25, -0.2) is 0 Å². The lowest BCUT2D eigenvalue weighted by molar-refractivity contribution is 0.309. The zero-order chi connectivity index (χ0) is 18.9. The van der Waals surface area contributed by atoms with Crippen molar-refractivity contribution in [3.63, 3.8) is 0 Å². The highest BCUT2D eigenvalue weighted by molar-refractivity contribution is 7.09. The minimum atomic E-state index is 0.626. The molecule has 1 aromatic heterocycles. The third kappa shape index (κ3) is 5.74. The van der Waals surface area contributed by atoms with E-state index >= 15 is 0 Å². The number of rotatable bonds is 10. The molecule has 3 aromatic rings. The third-order valence-corrected chi connectivity index (χ3v) is 5.10. The first-order valence-electron chi connectivity index (χ1n) is 8.94. The minimum Gasteiger partial charge on any atom is -0.493 e. The Morgan fingerprint density at radius 3 is 2.37 bits per heavy atom. The van der Waals surface area contributed by atoms with Crippen LogP contribution in [0.1, 0.15) is 16.0 Å². The van der Waals surface area contributed by atoms with Crippen molar-refractivity contribution in [2.45, 2.75) is 19.6 Å². The number of hydrogen-bond donors (Lipinski definition) is 1. The van der Waals surface area contributed by atoms with Crippen LogP contribution in [0.5, 0.6) is 17.2 Å². The molecule has 0 unspecified atom stereocenters. The molecule has 0 spiro atoms. The number of benzene rings is 2. The van der Waals surface area contributed by atoms with Crippen molar-refractivity contribution < 1.29 is 14.2 Å². The van der Waals surface area contributed by atoms with Crippen molar-refractivity contribution in [2.75, 3.05) is 20.8 Å². The van der Waals surface area contributed by atoms with Gasteiger partial charge in [-0.3, -0.25) is 0 Å². The lowest BCUT2D eigenvalue weighted by Crippen LogP contribution is -2.16. The molecule has 0 amide bonds. The molecule has 0 aliphatic rings. The van der Waals surface area contributed by atoms with Crippen LogP contribution in [0.2, 0.25) is 0 Å². The molecule has 0 saturated carbocycles. The Kier molecular flexibility index (Phi) is 7.13. The summed E-state index contributed by atoms with van der Waals surface area (Å²) in [6.45, 7) is 2.35. The molecule has 2 aromatic carbocycles. The Labute approximate surface area is 164 Å². The second-order valence-electron chi connectivity index (χ2n) is 6.13. The van der Waals surface area contributed by atoms with Crippen molar-refractivity contribution in [3.8, 4) is 17.2 Å². The summed E-state index contributed by atoms with van der Waals surface area (Å²) in [4.78, 5) is 1.23. The lowest BCUT2D eigenvalue weighted by atomic mass is 10.1. The standard InChI is InChI=1S/C22H25NO3S/c1-24-21-10-7-17(14-22(21)25-2)11-12-23-15-18-5-8-19(9-6-18)26-16-20-4-3-13-27-20/h3-10,13-14,23H,11-12,15-16H2,1-2H3. The number of methoxy groups -OCH3 is 2. The van der Waals surface area contributed by atoms with E-state index in [0.717, 1.165) is 36.8 Å². The van der Waals surface area contributed by atoms with Crippen LogP contribution in [0, 0.1) is 0 Å². The molecule has 5 heteroatoms. The summed E-state index contributed by atoms with van der Waals surface area (Å²) in [5.41, 5.74) is 2.46. The number of ether oxygens (including phenoxy) is 3. The SMILES string of the molecule is COc1ccc(CCNCc2ccc(OCc3cccs3)cc2)cc1OC. The molecule has 3 rings (SSSR count). The van der Waals surface area contributed by atoms with E-state index in [2.05, 4.69) is 35.0 Å². The molecule has 0 aliphatic heterocycles. The Morgan fingerprint density at radius 2 is 1.67 bits per heavy atom. The second kappa shape index (κ2) is 10.00. The van der Waals surface area contributed by atoms with E-state index in [-0.39, 0.29) is 0 Å². The van der Waals surface area contributed by atoms with Gasteiger partial charge in [-0.1, -0.05) is 24.3 Å². The van der Waals surface area contributed by atoms with Crippen LogP contribution < -0.4 is 19.5 Å². The minimum absolute atomic E-state index is 0.626. The molecule has 1 N–H and O–H groups in total. The van der Waals surface area contributed by atoms with Gasteiger partial charge < -0.3 is 19.5 Å². The van der Waals surface area contributed by atoms with E-state index in [4.69, 9.17) is 14.2 Å². The number of nitrogens with one attached hydrogen (secondary N) is 1. The van der Waals surface area contributed by atoms with Gasteiger partial charge in [-0.05, 0) is 59.8 Å². The van der Waals surface area contributed by atoms with Crippen LogP contribution in [-0.2, 0) is 19.6 Å². The van der Waals surface area contributed by atoms with Gasteiger partial charge in [0.1, 0.15) is 12.4 Å². The van der Waals surface area contributed by atoms with Gasteiger partial charge in [0.2, 0.25) is 0 Å². The summed E-state index contributed by atoms with van der Waals surface area (Å²) in [5.74, 6) is 2.43. The van der Waals surface area contributed by atoms with Gasteiger partial charge in [0.15, 0.2) is 11.5 Å². The quantitative estimate of drug-likeness (QED) is 0.516. The summed E-state index contributed by atoms with van der Waals surface area (Å²) in [6.07, 6.45) is 0.933.